The third-order valence-electron chi connectivity index (χ3n) is 4.98. The van der Waals surface area contributed by atoms with Crippen LogP contribution in [-0.4, -0.2) is 60.9 Å². The molecule has 3 rings (SSSR count). The third kappa shape index (κ3) is 2.95. The zero-order valence-corrected chi connectivity index (χ0v) is 15.9. The van der Waals surface area contributed by atoms with Crippen LogP contribution in [0, 0.1) is 5.92 Å². The average Bonchev–Trinajstić information content (AvgIpc) is 2.57. The summed E-state index contributed by atoms with van der Waals surface area (Å²) in [6, 6.07) is 7.64. The summed E-state index contributed by atoms with van der Waals surface area (Å²) in [7, 11) is 5.22. The molecular formula is C18H25N3O3S. The van der Waals surface area contributed by atoms with E-state index in [1.165, 1.54) is 0 Å². The van der Waals surface area contributed by atoms with Crippen molar-refractivity contribution >= 4 is 23.2 Å². The minimum atomic E-state index is -0.837. The van der Waals surface area contributed by atoms with E-state index in [1.54, 1.807) is 26.1 Å². The highest BCUT2D eigenvalue weighted by Gasteiger charge is 2.58. The number of ether oxygens (including phenoxy) is 2. The number of fused-ring (bicyclic) bond motifs is 4. The molecule has 1 fully saturated rings. The summed E-state index contributed by atoms with van der Waals surface area (Å²) in [5.74, 6) is 0.421. The van der Waals surface area contributed by atoms with E-state index in [1.807, 2.05) is 36.1 Å². The van der Waals surface area contributed by atoms with Crippen molar-refractivity contribution in [3.63, 3.8) is 0 Å². The molecule has 25 heavy (non-hydrogen) atoms. The maximum Gasteiger partial charge on any atom is 0.233 e. The fourth-order valence-corrected chi connectivity index (χ4v) is 4.14. The van der Waals surface area contributed by atoms with Crippen LogP contribution in [0.25, 0.3) is 0 Å². The molecule has 2 heterocycles. The predicted octanol–water partition coefficient (Wildman–Crippen LogP) is 1.77. The monoisotopic (exact) mass is 363 g/mol. The zero-order valence-electron chi connectivity index (χ0n) is 15.1. The molecule has 7 heteroatoms. The minimum absolute atomic E-state index is 0.0220. The number of hydrogen-bond donors (Lipinski definition) is 1. The van der Waals surface area contributed by atoms with Gasteiger partial charge in [-0.05, 0) is 31.6 Å². The van der Waals surface area contributed by atoms with Crippen molar-refractivity contribution in [1.29, 1.82) is 0 Å². The quantitative estimate of drug-likeness (QED) is 0.636. The molecule has 2 bridgehead atoms. The van der Waals surface area contributed by atoms with Crippen molar-refractivity contribution in [2.45, 2.75) is 25.1 Å². The maximum absolute atomic E-state index is 13.0. The molecule has 1 aromatic carbocycles. The Bertz CT molecular complexity index is 681. The highest BCUT2D eigenvalue weighted by Crippen LogP contribution is 2.48. The van der Waals surface area contributed by atoms with Gasteiger partial charge in [0.25, 0.3) is 0 Å². The predicted molar refractivity (Wildman–Crippen MR) is 99.3 cm³/mol. The molecule has 0 aliphatic carbocycles. The van der Waals surface area contributed by atoms with Gasteiger partial charge in [0.05, 0.1) is 6.04 Å². The number of para-hydroxylation sites is 1. The molecule has 6 nitrogen and oxygen atoms in total. The Morgan fingerprint density at radius 1 is 1.44 bits per heavy atom. The number of nitrogens with one attached hydrogen (secondary N) is 1. The van der Waals surface area contributed by atoms with Crippen LogP contribution in [-0.2, 0) is 9.53 Å². The lowest BCUT2D eigenvalue weighted by Gasteiger charge is -2.56. The molecule has 0 spiro atoms. The standard InChI is InChI=1S/C18H25N3O3S/c1-18-14(16(22)20(2)3)15(12-8-5-6-9-13(12)24-18)19-17(25)21(18)10-7-11-23-4/h5-6,8-9,14-15H,7,10-11H2,1-4H3,(H,19,25)/t14-,15+,18-/m0/s1. The first-order chi connectivity index (χ1) is 11.9. The van der Waals surface area contributed by atoms with Crippen LogP contribution in [0.4, 0.5) is 0 Å². The lowest BCUT2D eigenvalue weighted by atomic mass is 9.78. The summed E-state index contributed by atoms with van der Waals surface area (Å²) in [5, 5.41) is 3.99. The van der Waals surface area contributed by atoms with Crippen molar-refractivity contribution in [3.05, 3.63) is 29.8 Å². The van der Waals surface area contributed by atoms with E-state index in [0.717, 1.165) is 17.7 Å². The van der Waals surface area contributed by atoms with Crippen LogP contribution < -0.4 is 10.1 Å². The van der Waals surface area contributed by atoms with Gasteiger partial charge in [0.15, 0.2) is 10.8 Å². The number of benzene rings is 1. The van der Waals surface area contributed by atoms with Gasteiger partial charge in [-0.25, -0.2) is 0 Å². The van der Waals surface area contributed by atoms with Gasteiger partial charge in [0, 0.05) is 39.9 Å². The first-order valence-corrected chi connectivity index (χ1v) is 8.87. The first-order valence-electron chi connectivity index (χ1n) is 8.46. The van der Waals surface area contributed by atoms with Gasteiger partial charge in [-0.2, -0.15) is 0 Å². The van der Waals surface area contributed by atoms with Gasteiger partial charge < -0.3 is 24.6 Å². The summed E-state index contributed by atoms with van der Waals surface area (Å²) in [6.45, 7) is 3.24. The van der Waals surface area contributed by atoms with Gasteiger partial charge >= 0.3 is 0 Å². The number of nitrogens with zero attached hydrogens (tertiary/aromatic N) is 2. The lowest BCUT2D eigenvalue weighted by molar-refractivity contribution is -0.161. The normalized spacial score (nSPS) is 27.2. The Balaban J connectivity index is 2.05. The van der Waals surface area contributed by atoms with Gasteiger partial charge in [-0.15, -0.1) is 0 Å². The molecule has 0 radical (unpaired) electrons. The fraction of sp³-hybridized carbons (Fsp3) is 0.556. The summed E-state index contributed by atoms with van der Waals surface area (Å²) < 4.78 is 11.6. The zero-order chi connectivity index (χ0) is 18.2. The molecule has 1 aromatic rings. The van der Waals surface area contributed by atoms with E-state index in [9.17, 15) is 4.79 Å². The summed E-state index contributed by atoms with van der Waals surface area (Å²) in [4.78, 5) is 16.6. The number of rotatable bonds is 5. The summed E-state index contributed by atoms with van der Waals surface area (Å²) in [5.41, 5.74) is 0.135. The van der Waals surface area contributed by atoms with E-state index < -0.39 is 11.6 Å². The molecule has 1 amide bonds. The van der Waals surface area contributed by atoms with Crippen molar-refractivity contribution in [2.24, 2.45) is 5.92 Å². The van der Waals surface area contributed by atoms with Crippen molar-refractivity contribution in [3.8, 4) is 5.75 Å². The number of carbonyl (C=O) groups is 1. The number of amides is 1. The molecule has 2 aliphatic rings. The summed E-state index contributed by atoms with van der Waals surface area (Å²) >= 11 is 5.61. The van der Waals surface area contributed by atoms with Gasteiger partial charge in [-0.3, -0.25) is 4.79 Å². The highest BCUT2D eigenvalue weighted by molar-refractivity contribution is 7.80. The lowest BCUT2D eigenvalue weighted by Crippen LogP contribution is -2.72. The Morgan fingerprint density at radius 2 is 2.16 bits per heavy atom. The Hall–Kier alpha value is -1.86. The molecule has 0 aromatic heterocycles. The van der Waals surface area contributed by atoms with Crippen molar-refractivity contribution in [2.75, 3.05) is 34.4 Å². The van der Waals surface area contributed by atoms with Crippen LogP contribution in [0.3, 0.4) is 0 Å². The van der Waals surface area contributed by atoms with E-state index in [4.69, 9.17) is 21.7 Å². The molecular weight excluding hydrogens is 338 g/mol. The third-order valence-corrected chi connectivity index (χ3v) is 5.32. The highest BCUT2D eigenvalue weighted by atomic mass is 32.1. The average molecular weight is 363 g/mol. The topological polar surface area (TPSA) is 54.0 Å². The molecule has 0 unspecified atom stereocenters. The Labute approximate surface area is 154 Å². The van der Waals surface area contributed by atoms with Crippen LogP contribution >= 0.6 is 12.2 Å². The van der Waals surface area contributed by atoms with E-state index in [-0.39, 0.29) is 11.9 Å². The van der Waals surface area contributed by atoms with Gasteiger partial charge in [0.1, 0.15) is 11.7 Å². The van der Waals surface area contributed by atoms with E-state index in [2.05, 4.69) is 5.32 Å². The fourth-order valence-electron chi connectivity index (χ4n) is 3.74. The van der Waals surface area contributed by atoms with Crippen LogP contribution in [0.2, 0.25) is 0 Å². The van der Waals surface area contributed by atoms with E-state index >= 15 is 0 Å². The molecule has 1 saturated heterocycles. The van der Waals surface area contributed by atoms with Crippen LogP contribution in [0.1, 0.15) is 24.9 Å². The Morgan fingerprint density at radius 3 is 2.84 bits per heavy atom. The second kappa shape index (κ2) is 6.80. The van der Waals surface area contributed by atoms with Crippen molar-refractivity contribution in [1.82, 2.24) is 15.1 Å². The molecule has 1 N–H and O–H groups in total. The van der Waals surface area contributed by atoms with Gasteiger partial charge in [0.2, 0.25) is 5.91 Å². The largest absolute Gasteiger partial charge is 0.467 e. The number of thiocarbonyl (C=S) groups is 1. The Kier molecular flexibility index (Phi) is 4.88. The number of hydrogen-bond acceptors (Lipinski definition) is 4. The van der Waals surface area contributed by atoms with E-state index in [0.29, 0.717) is 18.3 Å². The molecule has 0 saturated carbocycles. The SMILES string of the molecule is COCCCN1C(=S)N[C@@H]2c3ccccc3O[C@@]1(C)[C@@H]2C(=O)N(C)C. The maximum atomic E-state index is 13.0. The second-order valence-corrected chi connectivity index (χ2v) is 7.22. The molecule has 3 atom stereocenters. The molecule has 2 aliphatic heterocycles. The van der Waals surface area contributed by atoms with Crippen LogP contribution in [0.5, 0.6) is 5.75 Å². The van der Waals surface area contributed by atoms with Gasteiger partial charge in [-0.1, -0.05) is 18.2 Å². The first kappa shape index (κ1) is 17.9. The molecule has 136 valence electrons. The van der Waals surface area contributed by atoms with Crippen molar-refractivity contribution < 1.29 is 14.3 Å². The van der Waals surface area contributed by atoms with Crippen LogP contribution in [0.15, 0.2) is 24.3 Å². The number of methoxy groups -OCH3 is 1. The smallest absolute Gasteiger partial charge is 0.233 e. The minimum Gasteiger partial charge on any atom is -0.467 e. The second-order valence-electron chi connectivity index (χ2n) is 6.83. The summed E-state index contributed by atoms with van der Waals surface area (Å²) in [6.07, 6.45) is 0.798. The number of carbonyl (C=O) groups excluding carboxylic acids is 1.